The molecule has 1 heterocycles. The molecule has 2 N–H and O–H groups in total. The molecule has 0 aliphatic carbocycles. The van der Waals surface area contributed by atoms with Crippen LogP contribution in [0, 0.1) is 0 Å². The Labute approximate surface area is 87.7 Å². The van der Waals surface area contributed by atoms with Crippen LogP contribution in [0.5, 0.6) is 0 Å². The van der Waals surface area contributed by atoms with Crippen molar-refractivity contribution in [1.29, 1.82) is 0 Å². The number of carboxylic acid groups (broad SMARTS) is 1. The van der Waals surface area contributed by atoms with Crippen LogP contribution in [0.2, 0.25) is 0 Å². The van der Waals surface area contributed by atoms with Gasteiger partial charge in [0.15, 0.2) is 4.34 Å². The van der Waals surface area contributed by atoms with Gasteiger partial charge in [0.2, 0.25) is 11.0 Å². The number of nitrogens with zero attached hydrogens (tertiary/aromatic N) is 2. The Bertz CT molecular complexity index is 352. The van der Waals surface area contributed by atoms with Gasteiger partial charge in [-0.15, -0.1) is 10.2 Å². The third-order valence-corrected chi connectivity index (χ3v) is 2.97. The van der Waals surface area contributed by atoms with Gasteiger partial charge < -0.3 is 10.4 Å². The summed E-state index contributed by atoms with van der Waals surface area (Å²) in [6.45, 7) is 1.37. The average molecular weight is 233 g/mol. The second-order valence-corrected chi connectivity index (χ2v) is 4.44. The van der Waals surface area contributed by atoms with Crippen LogP contribution in [0.4, 0.5) is 5.13 Å². The number of amides is 1. The zero-order valence-corrected chi connectivity index (χ0v) is 8.81. The summed E-state index contributed by atoms with van der Waals surface area (Å²) in [7, 11) is 0. The van der Waals surface area contributed by atoms with Crippen LogP contribution < -0.4 is 5.32 Å². The predicted octanol–water partition coefficient (Wildman–Crippen LogP) is 0.673. The maximum absolute atomic E-state index is 10.6. The van der Waals surface area contributed by atoms with E-state index in [0.29, 0.717) is 9.47 Å². The van der Waals surface area contributed by atoms with Gasteiger partial charge in [0.25, 0.3) is 0 Å². The van der Waals surface area contributed by atoms with E-state index >= 15 is 0 Å². The minimum atomic E-state index is -0.911. The number of aliphatic carboxylic acids is 1. The Balaban J connectivity index is 2.50. The third kappa shape index (κ3) is 3.71. The van der Waals surface area contributed by atoms with Crippen LogP contribution >= 0.6 is 23.1 Å². The van der Waals surface area contributed by atoms with E-state index in [2.05, 4.69) is 15.5 Å². The van der Waals surface area contributed by atoms with E-state index in [1.165, 1.54) is 6.92 Å². The molecule has 8 heteroatoms. The van der Waals surface area contributed by atoms with E-state index in [0.717, 1.165) is 23.1 Å². The van der Waals surface area contributed by atoms with E-state index in [4.69, 9.17) is 5.11 Å². The van der Waals surface area contributed by atoms with Crippen LogP contribution in [0.15, 0.2) is 4.34 Å². The van der Waals surface area contributed by atoms with Gasteiger partial charge in [-0.05, 0) is 0 Å². The normalized spacial score (nSPS) is 9.79. The first kappa shape index (κ1) is 10.9. The summed E-state index contributed by atoms with van der Waals surface area (Å²) >= 11 is 2.22. The molecule has 0 radical (unpaired) electrons. The minimum absolute atomic E-state index is 0.0608. The number of carbonyl (C=O) groups excluding carboxylic acids is 1. The number of hydrogen-bond acceptors (Lipinski definition) is 6. The molecule has 0 bridgehead atoms. The first-order chi connectivity index (χ1) is 6.58. The summed E-state index contributed by atoms with van der Waals surface area (Å²) in [6.07, 6.45) is 0. The molecule has 0 spiro atoms. The first-order valence-electron chi connectivity index (χ1n) is 3.53. The molecule has 1 amide bonds. The van der Waals surface area contributed by atoms with E-state index < -0.39 is 5.97 Å². The highest BCUT2D eigenvalue weighted by Crippen LogP contribution is 2.24. The number of thioether (sulfide) groups is 1. The van der Waals surface area contributed by atoms with Crippen LogP contribution in [-0.4, -0.2) is 32.9 Å². The van der Waals surface area contributed by atoms with Gasteiger partial charge in [0.1, 0.15) is 0 Å². The molecule has 1 aromatic rings. The predicted molar refractivity (Wildman–Crippen MR) is 52.6 cm³/mol. The molecule has 0 fully saturated rings. The van der Waals surface area contributed by atoms with Gasteiger partial charge in [-0.25, -0.2) is 0 Å². The van der Waals surface area contributed by atoms with Crippen molar-refractivity contribution in [3.05, 3.63) is 0 Å². The number of carbonyl (C=O) groups is 2. The van der Waals surface area contributed by atoms with Crippen molar-refractivity contribution in [3.8, 4) is 0 Å². The first-order valence-corrected chi connectivity index (χ1v) is 5.34. The monoisotopic (exact) mass is 233 g/mol. The van der Waals surface area contributed by atoms with E-state index in [9.17, 15) is 9.59 Å². The van der Waals surface area contributed by atoms with Gasteiger partial charge in [-0.2, -0.15) is 0 Å². The largest absolute Gasteiger partial charge is 0.481 e. The van der Waals surface area contributed by atoms with Crippen molar-refractivity contribution >= 4 is 40.1 Å². The second kappa shape index (κ2) is 4.91. The summed E-state index contributed by atoms with van der Waals surface area (Å²) in [5.41, 5.74) is 0. The van der Waals surface area contributed by atoms with Crippen molar-refractivity contribution in [2.24, 2.45) is 0 Å². The molecule has 0 aliphatic heterocycles. The number of rotatable bonds is 4. The maximum Gasteiger partial charge on any atom is 0.313 e. The van der Waals surface area contributed by atoms with E-state index in [-0.39, 0.29) is 11.7 Å². The molecule has 0 aromatic carbocycles. The van der Waals surface area contributed by atoms with Gasteiger partial charge in [-0.1, -0.05) is 23.1 Å². The van der Waals surface area contributed by atoms with Gasteiger partial charge >= 0.3 is 5.97 Å². The van der Waals surface area contributed by atoms with E-state index in [1.54, 1.807) is 0 Å². The van der Waals surface area contributed by atoms with Crippen molar-refractivity contribution in [2.75, 3.05) is 11.1 Å². The third-order valence-electron chi connectivity index (χ3n) is 1.01. The highest BCUT2D eigenvalue weighted by Gasteiger charge is 2.07. The van der Waals surface area contributed by atoms with Crippen molar-refractivity contribution in [2.45, 2.75) is 11.3 Å². The smallest absolute Gasteiger partial charge is 0.313 e. The van der Waals surface area contributed by atoms with Gasteiger partial charge in [0.05, 0.1) is 5.75 Å². The van der Waals surface area contributed by atoms with Gasteiger partial charge in [0, 0.05) is 6.92 Å². The Kier molecular flexibility index (Phi) is 3.84. The Hall–Kier alpha value is -1.15. The van der Waals surface area contributed by atoms with Crippen LogP contribution in [0.3, 0.4) is 0 Å². The molecule has 0 saturated carbocycles. The van der Waals surface area contributed by atoms with Crippen molar-refractivity contribution < 1.29 is 14.7 Å². The SMILES string of the molecule is CC(=O)Nc1nnc(SCC(=O)O)s1. The lowest BCUT2D eigenvalue weighted by molar-refractivity contribution is -0.133. The highest BCUT2D eigenvalue weighted by atomic mass is 32.2. The maximum atomic E-state index is 10.6. The molecule has 1 rings (SSSR count). The molecule has 1 aromatic heterocycles. The number of hydrogen-bond donors (Lipinski definition) is 2. The van der Waals surface area contributed by atoms with E-state index in [1.807, 2.05) is 0 Å². The fraction of sp³-hybridized carbons (Fsp3) is 0.333. The fourth-order valence-electron chi connectivity index (χ4n) is 0.593. The standard InChI is InChI=1S/C6H7N3O3S2/c1-3(10)7-5-8-9-6(14-5)13-2-4(11)12/h2H2,1H3,(H,11,12)(H,7,8,10). The molecule has 0 aliphatic rings. The Morgan fingerprint density at radius 2 is 2.29 bits per heavy atom. The lowest BCUT2D eigenvalue weighted by Gasteiger charge is -1.91. The molecule has 6 nitrogen and oxygen atoms in total. The molecule has 0 saturated heterocycles. The number of nitrogens with one attached hydrogen (secondary N) is 1. The topological polar surface area (TPSA) is 92.2 Å². The van der Waals surface area contributed by atoms with Crippen LogP contribution in [-0.2, 0) is 9.59 Å². The molecule has 0 unspecified atom stereocenters. The molecule has 76 valence electrons. The van der Waals surface area contributed by atoms with Crippen LogP contribution in [0.1, 0.15) is 6.92 Å². The summed E-state index contributed by atoms with van der Waals surface area (Å²) in [4.78, 5) is 20.8. The second-order valence-electron chi connectivity index (χ2n) is 2.24. The summed E-state index contributed by atoms with van der Waals surface area (Å²) in [5, 5.41) is 18.6. The Morgan fingerprint density at radius 1 is 1.57 bits per heavy atom. The summed E-state index contributed by atoms with van der Waals surface area (Å²) in [5.74, 6) is -1.20. The zero-order valence-electron chi connectivity index (χ0n) is 7.18. The van der Waals surface area contributed by atoms with Crippen LogP contribution in [0.25, 0.3) is 0 Å². The summed E-state index contributed by atoms with van der Waals surface area (Å²) < 4.78 is 0.524. The lowest BCUT2D eigenvalue weighted by atomic mass is 10.7. The summed E-state index contributed by atoms with van der Waals surface area (Å²) in [6, 6.07) is 0. The average Bonchev–Trinajstić information content (AvgIpc) is 2.47. The molecule has 0 atom stereocenters. The fourth-order valence-corrected chi connectivity index (χ4v) is 2.11. The molecule has 14 heavy (non-hydrogen) atoms. The molecular weight excluding hydrogens is 226 g/mol. The zero-order chi connectivity index (χ0) is 10.6. The highest BCUT2D eigenvalue weighted by molar-refractivity contribution is 8.01. The van der Waals surface area contributed by atoms with Crippen molar-refractivity contribution in [1.82, 2.24) is 10.2 Å². The quantitative estimate of drug-likeness (QED) is 0.586. The number of carboxylic acids is 1. The number of aromatic nitrogens is 2. The molecular formula is C6H7N3O3S2. The van der Waals surface area contributed by atoms with Crippen molar-refractivity contribution in [3.63, 3.8) is 0 Å². The Morgan fingerprint density at radius 3 is 2.86 bits per heavy atom. The number of anilines is 1. The lowest BCUT2D eigenvalue weighted by Crippen LogP contribution is -2.04. The minimum Gasteiger partial charge on any atom is -0.481 e. The van der Waals surface area contributed by atoms with Gasteiger partial charge in [-0.3, -0.25) is 9.59 Å².